The summed E-state index contributed by atoms with van der Waals surface area (Å²) in [6.07, 6.45) is 2.09. The predicted molar refractivity (Wildman–Crippen MR) is 120 cm³/mol. The molecule has 0 radical (unpaired) electrons. The number of aromatic nitrogens is 4. The summed E-state index contributed by atoms with van der Waals surface area (Å²) in [6, 6.07) is 8.44. The first kappa shape index (κ1) is 23.2. The first-order valence-electron chi connectivity index (χ1n) is 11.2. The standard InChI is InChI=1S/C23H21N5O8/c1-27-17(11-34-23(31)36-13-4-2-12(3-5-13)28(32)33)21(25-26-27)16-8-6-14(10-24-16)35-18-9-7-15-19(18)20(15)22(29)30/h2-6,8,10,15,18-20H,7,9,11H2,1H3,(H,29,30)/t15-,18-,19-,20-/m1/s1. The fourth-order valence-corrected chi connectivity index (χ4v) is 4.71. The van der Waals surface area contributed by atoms with Crippen molar-refractivity contribution in [1.29, 1.82) is 0 Å². The number of benzene rings is 1. The monoisotopic (exact) mass is 495 g/mol. The largest absolute Gasteiger partial charge is 0.514 e. The Bertz CT molecular complexity index is 1310. The number of hydrogen-bond acceptors (Lipinski definition) is 10. The van der Waals surface area contributed by atoms with Gasteiger partial charge in [-0.15, -0.1) is 5.10 Å². The van der Waals surface area contributed by atoms with Crippen molar-refractivity contribution >= 4 is 17.8 Å². The van der Waals surface area contributed by atoms with E-state index in [1.165, 1.54) is 28.9 Å². The van der Waals surface area contributed by atoms with E-state index in [1.807, 2.05) is 0 Å². The van der Waals surface area contributed by atoms with E-state index in [2.05, 4.69) is 15.3 Å². The highest BCUT2D eigenvalue weighted by Crippen LogP contribution is 2.58. The second-order valence-electron chi connectivity index (χ2n) is 8.62. The molecule has 2 aromatic heterocycles. The van der Waals surface area contributed by atoms with Gasteiger partial charge in [-0.1, -0.05) is 5.21 Å². The third-order valence-corrected chi connectivity index (χ3v) is 6.51. The van der Waals surface area contributed by atoms with E-state index in [9.17, 15) is 24.8 Å². The van der Waals surface area contributed by atoms with Gasteiger partial charge in [-0.3, -0.25) is 19.9 Å². The molecule has 5 rings (SSSR count). The van der Waals surface area contributed by atoms with E-state index in [-0.39, 0.29) is 41.9 Å². The second kappa shape index (κ2) is 9.24. The molecule has 2 heterocycles. The van der Waals surface area contributed by atoms with Crippen LogP contribution in [-0.2, 0) is 23.2 Å². The van der Waals surface area contributed by atoms with Gasteiger partial charge < -0.3 is 19.3 Å². The molecule has 1 aromatic carbocycles. The molecule has 13 nitrogen and oxygen atoms in total. The molecule has 4 atom stereocenters. The maximum atomic E-state index is 12.1. The van der Waals surface area contributed by atoms with Crippen LogP contribution in [-0.4, -0.2) is 48.2 Å². The number of hydrogen-bond donors (Lipinski definition) is 1. The molecule has 2 fully saturated rings. The number of fused-ring (bicyclic) bond motifs is 1. The number of carbonyl (C=O) groups excluding carboxylic acids is 1. The summed E-state index contributed by atoms with van der Waals surface area (Å²) in [6.45, 7) is -0.202. The number of pyridine rings is 1. The van der Waals surface area contributed by atoms with Crippen molar-refractivity contribution < 1.29 is 33.8 Å². The van der Waals surface area contributed by atoms with Crippen molar-refractivity contribution in [1.82, 2.24) is 20.0 Å². The molecule has 13 heteroatoms. The number of nitro benzene ring substituents is 1. The van der Waals surface area contributed by atoms with E-state index in [4.69, 9.17) is 14.2 Å². The highest BCUT2D eigenvalue weighted by Gasteiger charge is 2.62. The van der Waals surface area contributed by atoms with E-state index >= 15 is 0 Å². The number of ether oxygens (including phenoxy) is 3. The van der Waals surface area contributed by atoms with E-state index < -0.39 is 17.0 Å². The highest BCUT2D eigenvalue weighted by molar-refractivity contribution is 5.75. The number of carbonyl (C=O) groups is 2. The van der Waals surface area contributed by atoms with Gasteiger partial charge in [0.2, 0.25) is 0 Å². The quantitative estimate of drug-likeness (QED) is 0.211. The van der Waals surface area contributed by atoms with Crippen molar-refractivity contribution in [3.05, 3.63) is 58.4 Å². The van der Waals surface area contributed by atoms with Crippen LogP contribution in [0, 0.1) is 27.9 Å². The molecule has 0 saturated heterocycles. The number of aryl methyl sites for hydroxylation is 1. The molecular formula is C23H21N5O8. The molecule has 0 unspecified atom stereocenters. The third-order valence-electron chi connectivity index (χ3n) is 6.51. The van der Waals surface area contributed by atoms with Crippen LogP contribution in [0.3, 0.4) is 0 Å². The lowest BCUT2D eigenvalue weighted by molar-refractivity contribution is -0.384. The predicted octanol–water partition coefficient (Wildman–Crippen LogP) is 2.99. The molecule has 186 valence electrons. The summed E-state index contributed by atoms with van der Waals surface area (Å²) in [5, 5.41) is 28.1. The van der Waals surface area contributed by atoms with Gasteiger partial charge in [0.1, 0.15) is 35.6 Å². The average Bonchev–Trinajstić information content (AvgIpc) is 3.28. The van der Waals surface area contributed by atoms with Crippen LogP contribution in [0.15, 0.2) is 42.6 Å². The molecule has 0 spiro atoms. The molecule has 0 bridgehead atoms. The second-order valence-corrected chi connectivity index (χ2v) is 8.62. The van der Waals surface area contributed by atoms with Crippen molar-refractivity contribution in [3.63, 3.8) is 0 Å². The fraction of sp³-hybridized carbons (Fsp3) is 0.348. The average molecular weight is 495 g/mol. The number of carboxylic acids is 1. The summed E-state index contributed by atoms with van der Waals surface area (Å²) >= 11 is 0. The molecule has 0 amide bonds. The van der Waals surface area contributed by atoms with Gasteiger partial charge in [-0.05, 0) is 43.0 Å². The minimum Gasteiger partial charge on any atom is -0.488 e. The lowest BCUT2D eigenvalue weighted by Gasteiger charge is -2.16. The van der Waals surface area contributed by atoms with Gasteiger partial charge in [0, 0.05) is 25.1 Å². The van der Waals surface area contributed by atoms with Crippen LogP contribution in [0.5, 0.6) is 11.5 Å². The molecule has 36 heavy (non-hydrogen) atoms. The van der Waals surface area contributed by atoms with E-state index in [1.54, 1.807) is 25.4 Å². The number of carboxylic acid groups (broad SMARTS) is 1. The smallest absolute Gasteiger partial charge is 0.488 e. The Labute approximate surface area is 203 Å². The number of nitrogens with zero attached hydrogens (tertiary/aromatic N) is 5. The van der Waals surface area contributed by atoms with Crippen molar-refractivity contribution in [2.24, 2.45) is 24.8 Å². The summed E-state index contributed by atoms with van der Waals surface area (Å²) in [7, 11) is 1.64. The summed E-state index contributed by atoms with van der Waals surface area (Å²) in [5.41, 5.74) is 1.23. The van der Waals surface area contributed by atoms with Crippen molar-refractivity contribution in [3.8, 4) is 22.9 Å². The summed E-state index contributed by atoms with van der Waals surface area (Å²) < 4.78 is 17.7. The normalized spacial score (nSPS) is 21.9. The van der Waals surface area contributed by atoms with Crippen LogP contribution >= 0.6 is 0 Å². The Morgan fingerprint density at radius 2 is 1.92 bits per heavy atom. The highest BCUT2D eigenvalue weighted by atomic mass is 16.7. The molecular weight excluding hydrogens is 474 g/mol. The van der Waals surface area contributed by atoms with Gasteiger partial charge in [0.25, 0.3) is 5.69 Å². The van der Waals surface area contributed by atoms with Crippen LogP contribution in [0.25, 0.3) is 11.4 Å². The maximum absolute atomic E-state index is 12.1. The molecule has 2 saturated carbocycles. The Hall–Kier alpha value is -4.55. The van der Waals surface area contributed by atoms with Crippen LogP contribution in [0.2, 0.25) is 0 Å². The van der Waals surface area contributed by atoms with E-state index in [0.717, 1.165) is 12.8 Å². The van der Waals surface area contributed by atoms with Gasteiger partial charge in [0.15, 0.2) is 0 Å². The Balaban J connectivity index is 1.20. The SMILES string of the molecule is Cn1nnc(-c2ccc(O[C@@H]3CC[C@H]4[C@@H](C(=O)O)[C@H]43)cn2)c1COC(=O)Oc1ccc([N+](=O)[O-])cc1. The third kappa shape index (κ3) is 4.54. The minimum atomic E-state index is -0.998. The number of non-ortho nitro benzene ring substituents is 1. The van der Waals surface area contributed by atoms with Gasteiger partial charge in [-0.25, -0.2) is 9.48 Å². The van der Waals surface area contributed by atoms with E-state index in [0.29, 0.717) is 22.8 Å². The fourth-order valence-electron chi connectivity index (χ4n) is 4.71. The Morgan fingerprint density at radius 1 is 1.17 bits per heavy atom. The molecule has 2 aliphatic carbocycles. The maximum Gasteiger partial charge on any atom is 0.514 e. The van der Waals surface area contributed by atoms with Crippen LogP contribution in [0.4, 0.5) is 10.5 Å². The van der Waals surface area contributed by atoms with Crippen LogP contribution < -0.4 is 9.47 Å². The van der Waals surface area contributed by atoms with Gasteiger partial charge in [0.05, 0.1) is 22.7 Å². The number of aliphatic carboxylic acids is 1. The lowest BCUT2D eigenvalue weighted by atomic mass is 10.1. The van der Waals surface area contributed by atoms with Crippen LogP contribution in [0.1, 0.15) is 18.5 Å². The molecule has 1 N–H and O–H groups in total. The first-order valence-corrected chi connectivity index (χ1v) is 11.2. The zero-order chi connectivity index (χ0) is 25.4. The Kier molecular flexibility index (Phi) is 5.96. The van der Waals surface area contributed by atoms with Crippen molar-refractivity contribution in [2.45, 2.75) is 25.6 Å². The summed E-state index contributed by atoms with van der Waals surface area (Å²) in [4.78, 5) is 37.9. The minimum absolute atomic E-state index is 0.0525. The van der Waals surface area contributed by atoms with Gasteiger partial charge in [-0.2, -0.15) is 0 Å². The van der Waals surface area contributed by atoms with Gasteiger partial charge >= 0.3 is 12.1 Å². The number of nitro groups is 1. The Morgan fingerprint density at radius 3 is 2.56 bits per heavy atom. The lowest BCUT2D eigenvalue weighted by Crippen LogP contribution is -2.20. The summed E-state index contributed by atoms with van der Waals surface area (Å²) in [5.74, 6) is -0.189. The van der Waals surface area contributed by atoms with Crippen molar-refractivity contribution in [2.75, 3.05) is 0 Å². The molecule has 3 aromatic rings. The zero-order valence-corrected chi connectivity index (χ0v) is 19.0. The number of rotatable bonds is 8. The molecule has 0 aliphatic heterocycles. The first-order chi connectivity index (χ1) is 17.3. The topological polar surface area (TPSA) is 169 Å². The zero-order valence-electron chi connectivity index (χ0n) is 19.0. The molecule has 2 aliphatic rings.